The van der Waals surface area contributed by atoms with Gasteiger partial charge < -0.3 is 15.7 Å². The quantitative estimate of drug-likeness (QED) is 0.441. The summed E-state index contributed by atoms with van der Waals surface area (Å²) in [5, 5.41) is 23.9. The maximum absolute atomic E-state index is 11.9. The van der Waals surface area contributed by atoms with Gasteiger partial charge in [0.2, 0.25) is 0 Å². The minimum absolute atomic E-state index is 0.0445. The maximum Gasteiger partial charge on any atom is 0.267 e. The lowest BCUT2D eigenvalue weighted by molar-refractivity contribution is -0.112. The fourth-order valence-corrected chi connectivity index (χ4v) is 1.21. The zero-order valence-electron chi connectivity index (χ0n) is 11.2. The van der Waals surface area contributed by atoms with Gasteiger partial charge >= 0.3 is 0 Å². The van der Waals surface area contributed by atoms with E-state index in [0.717, 1.165) is 0 Å². The highest BCUT2D eigenvalue weighted by Crippen LogP contribution is 2.21. The third-order valence-corrected chi connectivity index (χ3v) is 2.17. The summed E-state index contributed by atoms with van der Waals surface area (Å²) in [5.74, 6) is -0.613. The molecule has 3 N–H and O–H groups in total. The van der Waals surface area contributed by atoms with Crippen molar-refractivity contribution in [3.05, 3.63) is 36.0 Å². The molecular formula is C14H17N3O2. The van der Waals surface area contributed by atoms with Gasteiger partial charge in [-0.2, -0.15) is 5.26 Å². The highest BCUT2D eigenvalue weighted by Gasteiger charge is 2.13. The second-order valence-corrected chi connectivity index (χ2v) is 5.04. The minimum atomic E-state index is -0.569. The van der Waals surface area contributed by atoms with Gasteiger partial charge in [-0.25, -0.2) is 0 Å². The smallest absolute Gasteiger partial charge is 0.267 e. The lowest BCUT2D eigenvalue weighted by Crippen LogP contribution is -2.32. The predicted octanol–water partition coefficient (Wildman–Crippen LogP) is 2.13. The van der Waals surface area contributed by atoms with Crippen LogP contribution in [0.3, 0.4) is 0 Å². The number of carbonyl (C=O) groups excluding carboxylic acids is 1. The summed E-state index contributed by atoms with van der Waals surface area (Å²) in [7, 11) is 0. The molecular weight excluding hydrogens is 242 g/mol. The highest BCUT2D eigenvalue weighted by atomic mass is 16.3. The van der Waals surface area contributed by atoms with E-state index in [-0.39, 0.29) is 22.5 Å². The Kier molecular flexibility index (Phi) is 4.54. The highest BCUT2D eigenvalue weighted by molar-refractivity contribution is 6.07. The Balaban J connectivity index is 2.82. The number of nitrogens with one attached hydrogen (secondary N) is 2. The number of para-hydroxylation sites is 2. The van der Waals surface area contributed by atoms with Gasteiger partial charge in [0, 0.05) is 11.7 Å². The number of amides is 1. The third-order valence-electron chi connectivity index (χ3n) is 2.17. The van der Waals surface area contributed by atoms with Crippen LogP contribution < -0.4 is 10.6 Å². The topological polar surface area (TPSA) is 85.2 Å². The van der Waals surface area contributed by atoms with Crippen LogP contribution >= 0.6 is 0 Å². The fraction of sp³-hybridized carbons (Fsp3) is 0.286. The molecule has 0 radical (unpaired) electrons. The molecule has 5 nitrogen and oxygen atoms in total. The van der Waals surface area contributed by atoms with Crippen molar-refractivity contribution in [1.82, 2.24) is 5.32 Å². The van der Waals surface area contributed by atoms with E-state index in [4.69, 9.17) is 5.26 Å². The number of nitriles is 1. The number of phenols is 1. The Labute approximate surface area is 112 Å². The van der Waals surface area contributed by atoms with Crippen LogP contribution in [0.4, 0.5) is 5.69 Å². The molecule has 100 valence electrons. The number of nitrogens with zero attached hydrogens (tertiary/aromatic N) is 1. The Hall–Kier alpha value is -2.48. The largest absolute Gasteiger partial charge is 0.506 e. The van der Waals surface area contributed by atoms with Gasteiger partial charge in [0.15, 0.2) is 0 Å². The molecule has 1 rings (SSSR count). The normalized spacial score (nSPS) is 11.6. The van der Waals surface area contributed by atoms with Gasteiger partial charge in [0.1, 0.15) is 17.4 Å². The molecule has 0 spiro atoms. The molecule has 0 aromatic heterocycles. The first-order valence-electron chi connectivity index (χ1n) is 5.81. The van der Waals surface area contributed by atoms with Gasteiger partial charge in [-0.3, -0.25) is 4.79 Å². The first-order chi connectivity index (χ1) is 8.83. The van der Waals surface area contributed by atoms with Crippen molar-refractivity contribution >= 4 is 11.6 Å². The Morgan fingerprint density at radius 1 is 1.37 bits per heavy atom. The summed E-state index contributed by atoms with van der Waals surface area (Å²) in [6.45, 7) is 5.75. The van der Waals surface area contributed by atoms with Gasteiger partial charge in [0.05, 0.1) is 5.69 Å². The monoisotopic (exact) mass is 259 g/mol. The van der Waals surface area contributed by atoms with Crippen LogP contribution in [0.15, 0.2) is 36.0 Å². The molecule has 0 aliphatic rings. The maximum atomic E-state index is 11.9. The van der Waals surface area contributed by atoms with Gasteiger partial charge in [-0.1, -0.05) is 12.1 Å². The molecule has 0 aliphatic heterocycles. The molecule has 0 saturated heterocycles. The number of aromatic hydroxyl groups is 1. The average molecular weight is 259 g/mol. The predicted molar refractivity (Wildman–Crippen MR) is 73.3 cm³/mol. The molecule has 1 amide bonds. The van der Waals surface area contributed by atoms with E-state index in [1.807, 2.05) is 26.8 Å². The van der Waals surface area contributed by atoms with E-state index in [0.29, 0.717) is 0 Å². The molecule has 0 heterocycles. The lowest BCUT2D eigenvalue weighted by atomic mass is 10.1. The standard InChI is InChI=1S/C14H17N3O2/c1-14(2,3)16-9-10(8-15)13(19)17-11-6-4-5-7-12(11)18/h4-7,9,16,18H,1-3H3,(H,17,19)/b10-9-. The van der Waals surface area contributed by atoms with Crippen molar-refractivity contribution in [1.29, 1.82) is 5.26 Å². The van der Waals surface area contributed by atoms with Crippen LogP contribution in [-0.2, 0) is 4.79 Å². The van der Waals surface area contributed by atoms with E-state index in [1.54, 1.807) is 18.2 Å². The average Bonchev–Trinajstić information content (AvgIpc) is 2.31. The lowest BCUT2D eigenvalue weighted by Gasteiger charge is -2.18. The van der Waals surface area contributed by atoms with Gasteiger partial charge in [-0.15, -0.1) is 0 Å². The minimum Gasteiger partial charge on any atom is -0.506 e. The summed E-state index contributed by atoms with van der Waals surface area (Å²) in [6, 6.07) is 8.16. The molecule has 0 saturated carbocycles. The number of carbonyl (C=O) groups is 1. The summed E-state index contributed by atoms with van der Waals surface area (Å²) in [4.78, 5) is 11.9. The van der Waals surface area contributed by atoms with E-state index in [1.165, 1.54) is 12.3 Å². The van der Waals surface area contributed by atoms with Crippen LogP contribution in [0.5, 0.6) is 5.75 Å². The first-order valence-corrected chi connectivity index (χ1v) is 5.81. The number of anilines is 1. The van der Waals surface area contributed by atoms with Crippen LogP contribution in [0.2, 0.25) is 0 Å². The molecule has 0 unspecified atom stereocenters. The third kappa shape index (κ3) is 4.72. The van der Waals surface area contributed by atoms with Gasteiger partial charge in [-0.05, 0) is 32.9 Å². The van der Waals surface area contributed by atoms with E-state index >= 15 is 0 Å². The van der Waals surface area contributed by atoms with Crippen molar-refractivity contribution in [2.75, 3.05) is 5.32 Å². The molecule has 0 bridgehead atoms. The van der Waals surface area contributed by atoms with Crippen molar-refractivity contribution < 1.29 is 9.90 Å². The SMILES string of the molecule is CC(C)(C)N/C=C(/C#N)C(=O)Nc1ccccc1O. The number of rotatable bonds is 3. The molecule has 5 heteroatoms. The van der Waals surface area contributed by atoms with Crippen LogP contribution in [-0.4, -0.2) is 16.6 Å². The van der Waals surface area contributed by atoms with Crippen molar-refractivity contribution in [3.8, 4) is 11.8 Å². The molecule has 19 heavy (non-hydrogen) atoms. The molecule has 1 aromatic carbocycles. The summed E-state index contributed by atoms with van der Waals surface area (Å²) in [5.41, 5.74) is -0.0281. The molecule has 0 aliphatic carbocycles. The summed E-state index contributed by atoms with van der Waals surface area (Å²) in [6.07, 6.45) is 1.37. The Morgan fingerprint density at radius 3 is 2.53 bits per heavy atom. The van der Waals surface area contributed by atoms with E-state index < -0.39 is 5.91 Å². The van der Waals surface area contributed by atoms with Crippen molar-refractivity contribution in [2.24, 2.45) is 0 Å². The number of hydrogen-bond acceptors (Lipinski definition) is 4. The second-order valence-electron chi connectivity index (χ2n) is 5.04. The fourth-order valence-electron chi connectivity index (χ4n) is 1.21. The van der Waals surface area contributed by atoms with Crippen LogP contribution in [0, 0.1) is 11.3 Å². The first kappa shape index (κ1) is 14.6. The van der Waals surface area contributed by atoms with Crippen molar-refractivity contribution in [2.45, 2.75) is 26.3 Å². The summed E-state index contributed by atoms with van der Waals surface area (Å²) < 4.78 is 0. The van der Waals surface area contributed by atoms with Crippen molar-refractivity contribution in [3.63, 3.8) is 0 Å². The second kappa shape index (κ2) is 5.91. The summed E-state index contributed by atoms with van der Waals surface area (Å²) >= 11 is 0. The van der Waals surface area contributed by atoms with Gasteiger partial charge in [0.25, 0.3) is 5.91 Å². The number of benzene rings is 1. The Morgan fingerprint density at radius 2 is 2.00 bits per heavy atom. The van der Waals surface area contributed by atoms with E-state index in [2.05, 4.69) is 10.6 Å². The van der Waals surface area contributed by atoms with E-state index in [9.17, 15) is 9.90 Å². The molecule has 0 atom stereocenters. The number of phenolic OH excluding ortho intramolecular Hbond substituents is 1. The van der Waals surface area contributed by atoms with Crippen LogP contribution in [0.1, 0.15) is 20.8 Å². The Bertz CT molecular complexity index is 536. The molecule has 0 fully saturated rings. The number of hydrogen-bond donors (Lipinski definition) is 3. The van der Waals surface area contributed by atoms with Crippen LogP contribution in [0.25, 0.3) is 0 Å². The zero-order chi connectivity index (χ0) is 14.5. The zero-order valence-corrected chi connectivity index (χ0v) is 11.2. The molecule has 1 aromatic rings.